The first kappa shape index (κ1) is 28.1. The lowest BCUT2D eigenvalue weighted by Crippen LogP contribution is -2.37. The lowest BCUT2D eigenvalue weighted by molar-refractivity contribution is 0.0593. The van der Waals surface area contributed by atoms with Gasteiger partial charge in [0.15, 0.2) is 5.78 Å². The van der Waals surface area contributed by atoms with E-state index >= 15 is 0 Å². The van der Waals surface area contributed by atoms with E-state index in [1.54, 1.807) is 44.4 Å². The maximum atomic E-state index is 13.5. The van der Waals surface area contributed by atoms with Crippen LogP contribution < -0.4 is 10.5 Å². The molecule has 8 nitrogen and oxygen atoms in total. The minimum atomic E-state index is -0.572. The molecule has 8 heteroatoms. The highest BCUT2D eigenvalue weighted by molar-refractivity contribution is 6.04. The number of Topliss-reactive ketones (excluding diaryl/α,β-unsaturated/α-hetero) is 1. The van der Waals surface area contributed by atoms with Gasteiger partial charge in [0.25, 0.3) is 11.8 Å². The van der Waals surface area contributed by atoms with Crippen molar-refractivity contribution in [1.29, 1.82) is 0 Å². The van der Waals surface area contributed by atoms with Gasteiger partial charge in [0, 0.05) is 31.0 Å². The van der Waals surface area contributed by atoms with Gasteiger partial charge in [-0.1, -0.05) is 13.8 Å². The lowest BCUT2D eigenvalue weighted by atomic mass is 10.1. The van der Waals surface area contributed by atoms with Crippen LogP contribution in [0.1, 0.15) is 77.4 Å². The second-order valence-electron chi connectivity index (χ2n) is 9.38. The van der Waals surface area contributed by atoms with Gasteiger partial charge >= 0.3 is 0 Å². The van der Waals surface area contributed by atoms with Crippen LogP contribution in [-0.2, 0) is 11.3 Å². The molecule has 1 aromatic heterocycles. The largest absolute Gasteiger partial charge is 0.497 e. The Kier molecular flexibility index (Phi) is 10.5. The molecule has 2 N–H and O–H groups in total. The van der Waals surface area contributed by atoms with Crippen LogP contribution in [0.5, 0.6) is 5.75 Å². The Labute approximate surface area is 208 Å². The molecule has 0 aliphatic rings. The van der Waals surface area contributed by atoms with E-state index in [-0.39, 0.29) is 24.3 Å². The van der Waals surface area contributed by atoms with E-state index in [0.29, 0.717) is 60.3 Å². The van der Waals surface area contributed by atoms with E-state index in [0.717, 1.165) is 6.42 Å². The van der Waals surface area contributed by atoms with Crippen molar-refractivity contribution < 1.29 is 23.9 Å². The normalized spacial score (nSPS) is 11.2. The molecular formula is C27H39N3O5. The van der Waals surface area contributed by atoms with Gasteiger partial charge < -0.3 is 24.7 Å². The summed E-state index contributed by atoms with van der Waals surface area (Å²) in [5, 5.41) is 0. The molecular weight excluding hydrogens is 446 g/mol. The number of ketones is 1. The second kappa shape index (κ2) is 13.1. The summed E-state index contributed by atoms with van der Waals surface area (Å²) in [6.07, 6.45) is 1.52. The van der Waals surface area contributed by atoms with Gasteiger partial charge in [-0.05, 0) is 69.9 Å². The zero-order chi connectivity index (χ0) is 26.1. The third-order valence-electron chi connectivity index (χ3n) is 5.83. The number of hydrogen-bond acceptors (Lipinski definition) is 5. The molecule has 0 radical (unpaired) electrons. The number of benzene rings is 1. The SMILES string of the molecule is COc1ccc(C(=O)N(CCCOC(C)C)CC(=O)c2cc(C(N)=O)c(C)n2CCC(C)C)cc1. The summed E-state index contributed by atoms with van der Waals surface area (Å²) in [5.74, 6) is 0.00311. The molecule has 0 fully saturated rings. The quantitative estimate of drug-likeness (QED) is 0.321. The van der Waals surface area contributed by atoms with Gasteiger partial charge in [-0.2, -0.15) is 0 Å². The molecule has 0 atom stereocenters. The molecule has 0 spiro atoms. The number of hydrogen-bond donors (Lipinski definition) is 1. The number of nitrogens with zero attached hydrogens (tertiary/aromatic N) is 2. The molecule has 0 saturated carbocycles. The first-order valence-corrected chi connectivity index (χ1v) is 12.1. The fraction of sp³-hybridized carbons (Fsp3) is 0.519. The maximum Gasteiger partial charge on any atom is 0.254 e. The Hall–Kier alpha value is -3.13. The molecule has 2 aromatic rings. The van der Waals surface area contributed by atoms with Crippen molar-refractivity contribution in [2.24, 2.45) is 11.7 Å². The molecule has 1 heterocycles. The highest BCUT2D eigenvalue weighted by Crippen LogP contribution is 2.20. The minimum absolute atomic E-state index is 0.0850. The summed E-state index contributed by atoms with van der Waals surface area (Å²) in [5.41, 5.74) is 7.41. The average molecular weight is 486 g/mol. The summed E-state index contributed by atoms with van der Waals surface area (Å²) in [4.78, 5) is 40.3. The molecule has 0 aliphatic carbocycles. The average Bonchev–Trinajstić information content (AvgIpc) is 3.15. The number of aromatic nitrogens is 1. The first-order valence-electron chi connectivity index (χ1n) is 12.1. The van der Waals surface area contributed by atoms with Crippen LogP contribution >= 0.6 is 0 Å². The minimum Gasteiger partial charge on any atom is -0.497 e. The van der Waals surface area contributed by atoms with Crippen molar-refractivity contribution in [1.82, 2.24) is 9.47 Å². The van der Waals surface area contributed by atoms with Gasteiger partial charge in [-0.15, -0.1) is 0 Å². The van der Waals surface area contributed by atoms with Crippen LogP contribution in [0.3, 0.4) is 0 Å². The van der Waals surface area contributed by atoms with E-state index in [1.807, 2.05) is 18.4 Å². The molecule has 2 rings (SSSR count). The Morgan fingerprint density at radius 1 is 1.09 bits per heavy atom. The molecule has 2 amide bonds. The third-order valence-corrected chi connectivity index (χ3v) is 5.83. The lowest BCUT2D eigenvalue weighted by Gasteiger charge is -2.23. The van der Waals surface area contributed by atoms with Crippen LogP contribution in [-0.4, -0.2) is 60.0 Å². The highest BCUT2D eigenvalue weighted by atomic mass is 16.5. The first-order chi connectivity index (χ1) is 16.5. The summed E-state index contributed by atoms with van der Waals surface area (Å²) in [6, 6.07) is 8.36. The van der Waals surface area contributed by atoms with Crippen molar-refractivity contribution in [2.45, 2.75) is 60.1 Å². The maximum absolute atomic E-state index is 13.5. The van der Waals surface area contributed by atoms with Gasteiger partial charge in [-0.3, -0.25) is 14.4 Å². The second-order valence-corrected chi connectivity index (χ2v) is 9.38. The highest BCUT2D eigenvalue weighted by Gasteiger charge is 2.25. The van der Waals surface area contributed by atoms with Crippen LogP contribution in [0.15, 0.2) is 30.3 Å². The van der Waals surface area contributed by atoms with Crippen molar-refractivity contribution >= 4 is 17.6 Å². The summed E-state index contributed by atoms with van der Waals surface area (Å²) >= 11 is 0. The van der Waals surface area contributed by atoms with Crippen molar-refractivity contribution in [2.75, 3.05) is 26.8 Å². The molecule has 0 aliphatic heterocycles. The number of rotatable bonds is 14. The molecule has 192 valence electrons. The van der Waals surface area contributed by atoms with E-state index in [9.17, 15) is 14.4 Å². The van der Waals surface area contributed by atoms with Crippen LogP contribution in [0.4, 0.5) is 0 Å². The summed E-state index contributed by atoms with van der Waals surface area (Å²) in [7, 11) is 1.56. The van der Waals surface area contributed by atoms with E-state index in [1.165, 1.54) is 4.90 Å². The molecule has 0 unspecified atom stereocenters. The number of methoxy groups -OCH3 is 1. The third kappa shape index (κ3) is 7.96. The number of carbonyl (C=O) groups excluding carboxylic acids is 3. The predicted molar refractivity (Wildman–Crippen MR) is 136 cm³/mol. The van der Waals surface area contributed by atoms with E-state index in [2.05, 4.69) is 13.8 Å². The summed E-state index contributed by atoms with van der Waals surface area (Å²) in [6.45, 7) is 11.2. The number of ether oxygens (including phenoxy) is 2. The Morgan fingerprint density at radius 3 is 2.29 bits per heavy atom. The van der Waals surface area contributed by atoms with Gasteiger partial charge in [-0.25, -0.2) is 0 Å². The smallest absolute Gasteiger partial charge is 0.254 e. The van der Waals surface area contributed by atoms with Gasteiger partial charge in [0.2, 0.25) is 0 Å². The monoisotopic (exact) mass is 485 g/mol. The van der Waals surface area contributed by atoms with Crippen molar-refractivity contribution in [3.05, 3.63) is 52.8 Å². The van der Waals surface area contributed by atoms with Crippen LogP contribution in [0, 0.1) is 12.8 Å². The standard InChI is InChI=1S/C27H39N3O5/c1-18(2)12-14-30-20(5)23(26(28)32)16-24(30)25(31)17-29(13-7-15-35-19(3)4)27(33)21-8-10-22(34-6)11-9-21/h8-11,16,18-19H,7,12-15,17H2,1-6H3,(H2,28,32). The molecule has 0 bridgehead atoms. The fourth-order valence-electron chi connectivity index (χ4n) is 3.80. The van der Waals surface area contributed by atoms with Crippen molar-refractivity contribution in [3.63, 3.8) is 0 Å². The Bertz CT molecular complexity index is 1010. The molecule has 35 heavy (non-hydrogen) atoms. The zero-order valence-electron chi connectivity index (χ0n) is 21.8. The topological polar surface area (TPSA) is 104 Å². The van der Waals surface area contributed by atoms with Gasteiger partial charge in [0.1, 0.15) is 5.75 Å². The van der Waals surface area contributed by atoms with Gasteiger partial charge in [0.05, 0.1) is 31.0 Å². The Balaban J connectivity index is 2.31. The predicted octanol–water partition coefficient (Wildman–Crippen LogP) is 4.09. The van der Waals surface area contributed by atoms with Crippen molar-refractivity contribution in [3.8, 4) is 5.75 Å². The van der Waals surface area contributed by atoms with E-state index in [4.69, 9.17) is 15.2 Å². The summed E-state index contributed by atoms with van der Waals surface area (Å²) < 4.78 is 12.7. The molecule has 0 saturated heterocycles. The number of amides is 2. The zero-order valence-corrected chi connectivity index (χ0v) is 21.8. The van der Waals surface area contributed by atoms with E-state index < -0.39 is 5.91 Å². The number of carbonyl (C=O) groups is 3. The van der Waals surface area contributed by atoms with Crippen LogP contribution in [0.2, 0.25) is 0 Å². The fourth-order valence-corrected chi connectivity index (χ4v) is 3.80. The van der Waals surface area contributed by atoms with Crippen LogP contribution in [0.25, 0.3) is 0 Å². The number of nitrogens with two attached hydrogens (primary N) is 1. The Morgan fingerprint density at radius 2 is 1.74 bits per heavy atom. The molecule has 1 aromatic carbocycles. The number of primary amides is 1.